The third-order valence-corrected chi connectivity index (χ3v) is 9.45. The fraction of sp³-hybridized carbons (Fsp3) is 0. The zero-order chi connectivity index (χ0) is 32.7. The van der Waals surface area contributed by atoms with E-state index in [1.165, 1.54) is 48.8 Å². The highest BCUT2D eigenvalue weighted by Gasteiger charge is 2.20. The van der Waals surface area contributed by atoms with E-state index in [1.807, 2.05) is 48.8 Å². The third-order valence-electron chi connectivity index (χ3n) is 9.45. The normalized spacial score (nSPS) is 13.8. The minimum Gasteiger partial charge on any atom is -0.299 e. The minimum atomic E-state index is 0.357. The quantitative estimate of drug-likeness (QED) is 0.113. The molecule has 0 atom stereocenters. The number of aromatic nitrogens is 1. The lowest BCUT2D eigenvalue weighted by atomic mass is 9.83. The summed E-state index contributed by atoms with van der Waals surface area (Å²) >= 11 is 0. The summed E-state index contributed by atoms with van der Waals surface area (Å²) in [6, 6.07) is 49.0. The van der Waals surface area contributed by atoms with E-state index in [0.29, 0.717) is 11.4 Å². The van der Waals surface area contributed by atoms with Crippen LogP contribution in [0.25, 0.3) is 70.9 Å². The molecule has 4 nitrogen and oxygen atoms in total. The molecule has 8 aromatic rings. The van der Waals surface area contributed by atoms with E-state index in [1.54, 1.807) is 0 Å². The molecule has 7 aromatic carbocycles. The number of pyridine rings is 1. The molecule has 4 heteroatoms. The van der Waals surface area contributed by atoms with Gasteiger partial charge in [0.2, 0.25) is 0 Å². The van der Waals surface area contributed by atoms with Crippen LogP contribution in [0, 0.1) is 5.41 Å². The molecular formula is C45H30N4. The summed E-state index contributed by atoms with van der Waals surface area (Å²) < 4.78 is 0. The molecule has 230 valence electrons. The van der Waals surface area contributed by atoms with Crippen molar-refractivity contribution in [3.63, 3.8) is 0 Å². The Morgan fingerprint density at radius 2 is 1.06 bits per heavy atom. The van der Waals surface area contributed by atoms with E-state index in [-0.39, 0.29) is 0 Å². The molecule has 1 heterocycles. The number of anilines is 1. The molecule has 0 bridgehead atoms. The molecule has 0 spiro atoms. The van der Waals surface area contributed by atoms with E-state index >= 15 is 0 Å². The number of hydrazone groups is 1. The number of nitrogens with one attached hydrogen (secondary N) is 2. The Labute approximate surface area is 283 Å². The number of fused-ring (bicyclic) bond motifs is 4. The summed E-state index contributed by atoms with van der Waals surface area (Å²) in [5.41, 5.74) is 11.8. The molecule has 1 aromatic heterocycles. The van der Waals surface area contributed by atoms with Crippen molar-refractivity contribution in [3.8, 4) is 22.3 Å². The monoisotopic (exact) mass is 626 g/mol. The predicted octanol–water partition coefficient (Wildman–Crippen LogP) is 11.5. The van der Waals surface area contributed by atoms with E-state index in [4.69, 9.17) is 10.5 Å². The Hall–Kier alpha value is -6.65. The van der Waals surface area contributed by atoms with Gasteiger partial charge in [0.25, 0.3) is 0 Å². The first kappa shape index (κ1) is 28.6. The van der Waals surface area contributed by atoms with Crippen LogP contribution in [0.2, 0.25) is 0 Å². The minimum absolute atomic E-state index is 0.357. The molecule has 49 heavy (non-hydrogen) atoms. The Morgan fingerprint density at radius 1 is 0.490 bits per heavy atom. The van der Waals surface area contributed by atoms with Gasteiger partial charge in [-0.05, 0) is 89.8 Å². The second-order valence-corrected chi connectivity index (χ2v) is 12.3. The van der Waals surface area contributed by atoms with Crippen molar-refractivity contribution in [3.05, 3.63) is 176 Å². The van der Waals surface area contributed by atoms with Gasteiger partial charge in [0.05, 0.1) is 11.4 Å². The van der Waals surface area contributed by atoms with Crippen molar-refractivity contribution < 1.29 is 0 Å². The van der Waals surface area contributed by atoms with Crippen LogP contribution in [-0.2, 0) is 0 Å². The predicted molar refractivity (Wildman–Crippen MR) is 207 cm³/mol. The average Bonchev–Trinajstić information content (AvgIpc) is 3.16. The fourth-order valence-corrected chi connectivity index (χ4v) is 7.15. The molecule has 9 rings (SSSR count). The van der Waals surface area contributed by atoms with E-state index < -0.39 is 0 Å². The first-order chi connectivity index (χ1) is 24.2. The van der Waals surface area contributed by atoms with Crippen LogP contribution in [0.5, 0.6) is 0 Å². The van der Waals surface area contributed by atoms with Gasteiger partial charge >= 0.3 is 0 Å². The maximum absolute atomic E-state index is 8.73. The van der Waals surface area contributed by atoms with Gasteiger partial charge in [-0.15, -0.1) is 0 Å². The molecule has 0 saturated heterocycles. The van der Waals surface area contributed by atoms with Gasteiger partial charge in [-0.1, -0.05) is 133 Å². The van der Waals surface area contributed by atoms with Gasteiger partial charge in [-0.2, -0.15) is 5.10 Å². The van der Waals surface area contributed by atoms with Crippen LogP contribution in [-0.4, -0.2) is 16.4 Å². The summed E-state index contributed by atoms with van der Waals surface area (Å²) in [5.74, 6) is 0. The van der Waals surface area contributed by atoms with E-state index in [0.717, 1.165) is 33.3 Å². The van der Waals surface area contributed by atoms with Crippen LogP contribution in [0.3, 0.4) is 0 Å². The van der Waals surface area contributed by atoms with Crippen molar-refractivity contribution in [2.24, 2.45) is 5.10 Å². The highest BCUT2D eigenvalue weighted by atomic mass is 15.3. The summed E-state index contributed by atoms with van der Waals surface area (Å²) in [6.45, 7) is 0. The Bertz CT molecular complexity index is 2630. The summed E-state index contributed by atoms with van der Waals surface area (Å²) in [4.78, 5) is 4.45. The van der Waals surface area contributed by atoms with Crippen molar-refractivity contribution in [1.82, 2.24) is 4.98 Å². The molecular weight excluding hydrogens is 597 g/mol. The number of nitrogens with zero attached hydrogens (tertiary/aromatic N) is 2. The van der Waals surface area contributed by atoms with Crippen LogP contribution < -0.4 is 5.43 Å². The van der Waals surface area contributed by atoms with Crippen LogP contribution in [0.15, 0.2) is 175 Å². The average molecular weight is 627 g/mol. The maximum atomic E-state index is 8.73. The lowest BCUT2D eigenvalue weighted by Gasteiger charge is -2.20. The second-order valence-electron chi connectivity index (χ2n) is 12.3. The number of rotatable bonds is 5. The van der Waals surface area contributed by atoms with Gasteiger partial charge in [0.15, 0.2) is 0 Å². The number of hydrogen-bond acceptors (Lipinski definition) is 4. The highest BCUT2D eigenvalue weighted by Crippen LogP contribution is 2.44. The molecule has 0 amide bonds. The Morgan fingerprint density at radius 3 is 1.76 bits per heavy atom. The summed E-state index contributed by atoms with van der Waals surface area (Å²) in [6.07, 6.45) is 9.71. The van der Waals surface area contributed by atoms with Gasteiger partial charge < -0.3 is 0 Å². The smallest absolute Gasteiger partial charge is 0.109 e. The van der Waals surface area contributed by atoms with Gasteiger partial charge in [-0.25, -0.2) is 0 Å². The van der Waals surface area contributed by atoms with Gasteiger partial charge in [0.1, 0.15) is 5.71 Å². The van der Waals surface area contributed by atoms with Crippen LogP contribution in [0.1, 0.15) is 5.56 Å². The standard InChI is InChI=1S/C45H30N4/c46-42-25-22-31(26-43(42)49-48-33-23-20-30(21-24-33)41-28-47-27-32-11-2-4-14-35(32)41)44-37-15-5-7-17-39(37)45(40-18-8-6-16-38(40)44)36-19-9-12-29-10-1-3-13-34(29)36/h1-28,46,48H/b46-42?,49-43-. The molecule has 0 unspecified atom stereocenters. The summed E-state index contributed by atoms with van der Waals surface area (Å²) in [5, 5.41) is 22.9. The second kappa shape index (κ2) is 11.9. The SMILES string of the molecule is N=C1C=CC(c2c3ccccc3c(-c3cccc4ccccc34)c3ccccc23)=C/C1=N/Nc1ccc(-c2cncc3ccccc23)cc1. The number of allylic oxidation sites excluding steroid dienone is 4. The first-order valence-electron chi connectivity index (χ1n) is 16.4. The van der Waals surface area contributed by atoms with Crippen molar-refractivity contribution in [2.75, 3.05) is 5.43 Å². The molecule has 0 fully saturated rings. The topological polar surface area (TPSA) is 61.1 Å². The zero-order valence-electron chi connectivity index (χ0n) is 26.6. The lowest BCUT2D eigenvalue weighted by Crippen LogP contribution is -2.14. The van der Waals surface area contributed by atoms with Crippen molar-refractivity contribution >= 4 is 65.8 Å². The molecule has 0 radical (unpaired) electrons. The van der Waals surface area contributed by atoms with Crippen molar-refractivity contribution in [1.29, 1.82) is 5.41 Å². The molecule has 0 saturated carbocycles. The maximum Gasteiger partial charge on any atom is 0.109 e. The zero-order valence-corrected chi connectivity index (χ0v) is 26.6. The molecule has 2 N–H and O–H groups in total. The lowest BCUT2D eigenvalue weighted by molar-refractivity contribution is 1.34. The van der Waals surface area contributed by atoms with Gasteiger partial charge in [0, 0.05) is 23.3 Å². The highest BCUT2D eigenvalue weighted by molar-refractivity contribution is 6.52. The van der Waals surface area contributed by atoms with Crippen molar-refractivity contribution in [2.45, 2.75) is 0 Å². The number of benzene rings is 7. The fourth-order valence-electron chi connectivity index (χ4n) is 7.15. The largest absolute Gasteiger partial charge is 0.299 e. The molecule has 1 aliphatic rings. The van der Waals surface area contributed by atoms with Crippen LogP contribution in [0.4, 0.5) is 5.69 Å². The van der Waals surface area contributed by atoms with Crippen LogP contribution >= 0.6 is 0 Å². The van der Waals surface area contributed by atoms with E-state index in [2.05, 4.69) is 132 Å². The Kier molecular flexibility index (Phi) is 6.91. The summed E-state index contributed by atoms with van der Waals surface area (Å²) in [7, 11) is 0. The van der Waals surface area contributed by atoms with E-state index in [9.17, 15) is 0 Å². The Balaban J connectivity index is 1.12. The number of hydrogen-bond donors (Lipinski definition) is 2. The molecule has 1 aliphatic carbocycles. The first-order valence-corrected chi connectivity index (χ1v) is 16.4. The third kappa shape index (κ3) is 4.98. The molecule has 0 aliphatic heterocycles. The van der Waals surface area contributed by atoms with Gasteiger partial charge in [-0.3, -0.25) is 15.8 Å².